The van der Waals surface area contributed by atoms with Crippen LogP contribution in [0.3, 0.4) is 0 Å². The fourth-order valence-electron chi connectivity index (χ4n) is 10.9. The summed E-state index contributed by atoms with van der Waals surface area (Å²) in [6.45, 7) is -4.47. The van der Waals surface area contributed by atoms with Crippen molar-refractivity contribution >= 4 is 0 Å². The van der Waals surface area contributed by atoms with Crippen molar-refractivity contribution in [3.05, 3.63) is 0 Å². The van der Waals surface area contributed by atoms with Crippen molar-refractivity contribution in [2.75, 3.05) is 67.1 Å². The molecule has 75 heavy (non-hydrogen) atoms. The summed E-state index contributed by atoms with van der Waals surface area (Å²) in [5.41, 5.74) is 0. The zero-order valence-electron chi connectivity index (χ0n) is 40.8. The van der Waals surface area contributed by atoms with Gasteiger partial charge in [-0.25, -0.2) is 0 Å². The molecule has 8 fully saturated rings. The zero-order chi connectivity index (χ0) is 54.2. The Morgan fingerprint density at radius 1 is 0.333 bits per heavy atom. The van der Waals surface area contributed by atoms with E-state index >= 15 is 0 Å². The monoisotopic (exact) mass is 1100 g/mol. The normalized spacial score (nSPS) is 52.7. The van der Waals surface area contributed by atoms with Crippen molar-refractivity contribution in [3.8, 4) is 0 Å². The van der Waals surface area contributed by atoms with E-state index in [1.165, 1.54) is 14.2 Å². The quantitative estimate of drug-likeness (QED) is 0.0538. The fourth-order valence-corrected chi connectivity index (χ4v) is 10.9. The van der Waals surface area contributed by atoms with Crippen LogP contribution in [0.1, 0.15) is 12.8 Å². The van der Waals surface area contributed by atoms with E-state index in [9.17, 15) is 81.7 Å². The van der Waals surface area contributed by atoms with Crippen molar-refractivity contribution in [1.29, 1.82) is 0 Å². The lowest BCUT2D eigenvalue weighted by Crippen LogP contribution is -2.64. The topological polar surface area (TPSA) is 462 Å². The molecule has 436 valence electrons. The average Bonchev–Trinajstić information content (AvgIpc) is 4.05. The first kappa shape index (κ1) is 59.9. The molecule has 8 aliphatic rings. The number of aliphatic hydroxyl groups is 16. The predicted octanol–water partition coefficient (Wildman–Crippen LogP) is -10.5. The smallest absolute Gasteiger partial charge is 0.187 e. The van der Waals surface area contributed by atoms with Gasteiger partial charge in [0, 0.05) is 32.7 Å². The van der Waals surface area contributed by atoms with Gasteiger partial charge in [0.2, 0.25) is 0 Å². The summed E-state index contributed by atoms with van der Waals surface area (Å²) < 4.78 is 88.4. The summed E-state index contributed by atoms with van der Waals surface area (Å²) in [5.74, 6) is -2.72. The van der Waals surface area contributed by atoms with Crippen molar-refractivity contribution < 1.29 is 153 Å². The van der Waals surface area contributed by atoms with Crippen molar-refractivity contribution in [2.24, 2.45) is 17.8 Å². The second-order valence-electron chi connectivity index (χ2n) is 20.0. The molecule has 0 radical (unpaired) electrons. The number of hydrogen-bond donors (Lipinski definition) is 16. The highest BCUT2D eigenvalue weighted by Crippen LogP contribution is 2.42. The molecule has 7 aliphatic heterocycles. The Morgan fingerprint density at radius 2 is 0.760 bits per heavy atom. The third kappa shape index (κ3) is 12.5. The van der Waals surface area contributed by atoms with E-state index in [2.05, 4.69) is 0 Å². The number of ether oxygens (including phenoxy) is 15. The lowest BCUT2D eigenvalue weighted by Gasteiger charge is -2.48. The largest absolute Gasteiger partial charge is 0.396 e. The third-order valence-electron chi connectivity index (χ3n) is 15.4. The lowest BCUT2D eigenvalue weighted by molar-refractivity contribution is -0.383. The molecule has 14 unspecified atom stereocenters. The molecule has 1 saturated carbocycles. The standard InChI is InChI=1S/C44H74O31/c1-61-20-10-65-43(36(30(20)56)74-41-33(59)27(53)17(7-47)68-41)70-19-9-64-39(25(51)15(19)4-13-3-14(5-45)24(50)23(13)49)72-22-12-66-44(71-21-11-63-38(62-2)31(57)29(21)55)37(75-42-34(60)28(54)18(8-48)69-42)35(22)73-40-32(58)26(52)16(6-46)67-40/h13-60H,3-12H2,1-2H3/t13-,14-,15?,16-,17-,18-,19+,20+,21+,22+,23?,24?,25?,26?,27?,28?,29?,30-,31?,32?,33?,34?,35-,36?,37?,38+,39-,40-,41-,42-,43-,44-/m0/s1. The average molecular weight is 1100 g/mol. The molecule has 31 nitrogen and oxygen atoms in total. The van der Waals surface area contributed by atoms with Gasteiger partial charge < -0.3 is 153 Å². The van der Waals surface area contributed by atoms with E-state index in [-0.39, 0.29) is 19.4 Å². The number of rotatable bonds is 20. The molecule has 0 bridgehead atoms. The Balaban J connectivity index is 1.09. The second-order valence-corrected chi connectivity index (χ2v) is 20.0. The Morgan fingerprint density at radius 3 is 1.27 bits per heavy atom. The van der Waals surface area contributed by atoms with Crippen molar-refractivity contribution in [2.45, 2.75) is 191 Å². The molecule has 0 aromatic heterocycles. The molecule has 7 saturated heterocycles. The minimum atomic E-state index is -1.85. The number of aliphatic hydroxyl groups excluding tert-OH is 16. The van der Waals surface area contributed by atoms with Gasteiger partial charge in [-0.15, -0.1) is 0 Å². The van der Waals surface area contributed by atoms with Crippen LogP contribution < -0.4 is 0 Å². The van der Waals surface area contributed by atoms with Gasteiger partial charge >= 0.3 is 0 Å². The first-order chi connectivity index (χ1) is 35.9. The highest BCUT2D eigenvalue weighted by atomic mass is 16.8. The molecule has 0 amide bonds. The molecular formula is C44H74O31. The van der Waals surface area contributed by atoms with Gasteiger partial charge in [-0.1, -0.05) is 0 Å². The van der Waals surface area contributed by atoms with E-state index in [4.69, 9.17) is 71.1 Å². The minimum Gasteiger partial charge on any atom is -0.396 e. The zero-order valence-corrected chi connectivity index (χ0v) is 40.8. The van der Waals surface area contributed by atoms with Crippen LogP contribution in [-0.4, -0.2) is 327 Å². The predicted molar refractivity (Wildman–Crippen MR) is 232 cm³/mol. The van der Waals surface area contributed by atoms with E-state index in [0.29, 0.717) is 0 Å². The summed E-state index contributed by atoms with van der Waals surface area (Å²) in [6, 6.07) is 0. The minimum absolute atomic E-state index is 0.0777. The van der Waals surface area contributed by atoms with E-state index < -0.39 is 242 Å². The Labute approximate surface area is 428 Å². The van der Waals surface area contributed by atoms with Crippen LogP contribution in [0.25, 0.3) is 0 Å². The van der Waals surface area contributed by atoms with Crippen LogP contribution in [0.5, 0.6) is 0 Å². The van der Waals surface area contributed by atoms with E-state index in [1.807, 2.05) is 0 Å². The summed E-state index contributed by atoms with van der Waals surface area (Å²) >= 11 is 0. The van der Waals surface area contributed by atoms with Gasteiger partial charge in [0.25, 0.3) is 0 Å². The van der Waals surface area contributed by atoms with E-state index in [0.717, 1.165) is 0 Å². The molecule has 7 heterocycles. The Kier molecular flexibility index (Phi) is 20.9. The maximum absolute atomic E-state index is 12.4. The maximum Gasteiger partial charge on any atom is 0.187 e. The highest BCUT2D eigenvalue weighted by Gasteiger charge is 2.57. The molecule has 1 aliphatic carbocycles. The maximum atomic E-state index is 12.4. The third-order valence-corrected chi connectivity index (χ3v) is 15.4. The van der Waals surface area contributed by atoms with Gasteiger partial charge in [-0.3, -0.25) is 0 Å². The summed E-state index contributed by atoms with van der Waals surface area (Å²) in [4.78, 5) is 0. The van der Waals surface area contributed by atoms with Crippen LogP contribution in [0.4, 0.5) is 0 Å². The number of methoxy groups -OCH3 is 2. The van der Waals surface area contributed by atoms with Crippen LogP contribution in [0.15, 0.2) is 0 Å². The fraction of sp³-hybridized carbons (Fsp3) is 1.00. The van der Waals surface area contributed by atoms with E-state index in [1.54, 1.807) is 0 Å². The number of hydrogen-bond acceptors (Lipinski definition) is 31. The highest BCUT2D eigenvalue weighted by molar-refractivity contribution is 4.99. The molecule has 0 aromatic carbocycles. The molecule has 0 aromatic rings. The molecule has 16 N–H and O–H groups in total. The molecule has 31 heteroatoms. The lowest BCUT2D eigenvalue weighted by atomic mass is 9.82. The second kappa shape index (κ2) is 26.1. The van der Waals surface area contributed by atoms with Gasteiger partial charge in [0.05, 0.1) is 64.6 Å². The van der Waals surface area contributed by atoms with Gasteiger partial charge in [0.1, 0.15) is 116 Å². The SMILES string of the molecule is CO[C@@H]1OC[C@@H](O[C@@H]2OC[C@@H](O[C@@H]3OC[C@@H](O[C@@H]4OC[C@@H](OC)[C@H](O)C4O[C@@H]4O[C@@H](CO)C(O)C4O)C(C[C@@H]4C[C@@H](CO)C(O)C4O)C3O)[C@H](O[C@@H]3O[C@@H](CO)C(O)C3O)C2O[C@@H]2O[C@@H](CO)C(O)C2O)C(O)C1O. The van der Waals surface area contributed by atoms with Crippen LogP contribution in [0, 0.1) is 17.8 Å². The summed E-state index contributed by atoms with van der Waals surface area (Å²) in [7, 11) is 2.52. The van der Waals surface area contributed by atoms with Crippen molar-refractivity contribution in [3.63, 3.8) is 0 Å². The summed E-state index contributed by atoms with van der Waals surface area (Å²) in [6.07, 6.45) is -45.6. The van der Waals surface area contributed by atoms with Gasteiger partial charge in [-0.2, -0.15) is 0 Å². The van der Waals surface area contributed by atoms with Gasteiger partial charge in [0.15, 0.2) is 44.0 Å². The molecule has 8 rings (SSSR count). The molecule has 0 spiro atoms. The van der Waals surface area contributed by atoms with Crippen LogP contribution in [-0.2, 0) is 71.1 Å². The molecule has 32 atom stereocenters. The summed E-state index contributed by atoms with van der Waals surface area (Å²) in [5, 5.41) is 172. The van der Waals surface area contributed by atoms with Gasteiger partial charge in [-0.05, 0) is 18.8 Å². The first-order valence-corrected chi connectivity index (χ1v) is 24.9. The Bertz CT molecular complexity index is 1750. The first-order valence-electron chi connectivity index (χ1n) is 24.9. The Hall–Kier alpha value is -1.24. The van der Waals surface area contributed by atoms with Crippen molar-refractivity contribution in [1.82, 2.24) is 0 Å². The van der Waals surface area contributed by atoms with Crippen LogP contribution in [0.2, 0.25) is 0 Å². The van der Waals surface area contributed by atoms with Crippen LogP contribution >= 0.6 is 0 Å². The molecular weight excluding hydrogens is 1020 g/mol.